The number of carbonyl (C=O) groups is 1. The molecule has 3 rings (SSSR count). The molecule has 0 saturated carbocycles. The van der Waals surface area contributed by atoms with Crippen LogP contribution in [0.15, 0.2) is 66.0 Å². The second-order valence-corrected chi connectivity index (χ2v) is 6.20. The minimum absolute atomic E-state index is 0.111. The van der Waals surface area contributed by atoms with Crippen molar-refractivity contribution in [3.8, 4) is 11.5 Å². The minimum atomic E-state index is -0.308. The highest BCUT2D eigenvalue weighted by atomic mass is 32.1. The first-order valence-corrected chi connectivity index (χ1v) is 8.43. The number of rotatable bonds is 6. The lowest BCUT2D eigenvalue weighted by Crippen LogP contribution is -2.25. The number of ether oxygens (including phenoxy) is 1. The molecule has 0 aliphatic rings. The van der Waals surface area contributed by atoms with Crippen LogP contribution in [-0.2, 0) is 6.42 Å². The van der Waals surface area contributed by atoms with Crippen molar-refractivity contribution in [3.63, 3.8) is 0 Å². The molecule has 0 radical (unpaired) electrons. The van der Waals surface area contributed by atoms with Crippen molar-refractivity contribution in [2.45, 2.75) is 6.42 Å². The highest BCUT2D eigenvalue weighted by molar-refractivity contribution is 7.09. The first-order chi connectivity index (χ1) is 11.7. The molecule has 0 unspecified atom stereocenters. The fourth-order valence-corrected chi connectivity index (χ4v) is 2.88. The Kier molecular flexibility index (Phi) is 5.23. The number of carbonyl (C=O) groups excluding carboxylic acids is 1. The lowest BCUT2D eigenvalue weighted by Gasteiger charge is -2.07. The Morgan fingerprint density at radius 2 is 1.67 bits per heavy atom. The summed E-state index contributed by atoms with van der Waals surface area (Å²) >= 11 is 1.68. The predicted molar refractivity (Wildman–Crippen MR) is 93.3 cm³/mol. The fourth-order valence-electron chi connectivity index (χ4n) is 2.17. The quantitative estimate of drug-likeness (QED) is 0.708. The average molecular weight is 341 g/mol. The summed E-state index contributed by atoms with van der Waals surface area (Å²) in [6, 6.07) is 16.7. The van der Waals surface area contributed by atoms with Crippen LogP contribution in [0.5, 0.6) is 11.5 Å². The zero-order chi connectivity index (χ0) is 16.8. The molecule has 1 amide bonds. The highest BCUT2D eigenvalue weighted by Gasteiger charge is 2.06. The second kappa shape index (κ2) is 7.75. The van der Waals surface area contributed by atoms with Gasteiger partial charge in [0.2, 0.25) is 0 Å². The third-order valence-electron chi connectivity index (χ3n) is 3.40. The van der Waals surface area contributed by atoms with Crippen molar-refractivity contribution in [2.24, 2.45) is 0 Å². The molecule has 122 valence electrons. The topological polar surface area (TPSA) is 38.3 Å². The van der Waals surface area contributed by atoms with E-state index in [0.29, 0.717) is 23.6 Å². The maximum Gasteiger partial charge on any atom is 0.251 e. The van der Waals surface area contributed by atoms with Gasteiger partial charge in [0.05, 0.1) is 0 Å². The van der Waals surface area contributed by atoms with Gasteiger partial charge in [0.25, 0.3) is 5.91 Å². The molecule has 0 aliphatic heterocycles. The van der Waals surface area contributed by atoms with E-state index in [9.17, 15) is 9.18 Å². The number of hydrogen-bond donors (Lipinski definition) is 1. The molecule has 3 nitrogen and oxygen atoms in total. The van der Waals surface area contributed by atoms with Crippen LogP contribution in [0.25, 0.3) is 0 Å². The van der Waals surface area contributed by atoms with E-state index in [2.05, 4.69) is 11.4 Å². The molecule has 0 bridgehead atoms. The van der Waals surface area contributed by atoms with Crippen LogP contribution < -0.4 is 10.1 Å². The van der Waals surface area contributed by atoms with Gasteiger partial charge in [-0.05, 0) is 66.4 Å². The monoisotopic (exact) mass is 341 g/mol. The molecular formula is C19H16FNO2S. The van der Waals surface area contributed by atoms with Crippen molar-refractivity contribution in [1.29, 1.82) is 0 Å². The molecule has 0 atom stereocenters. The van der Waals surface area contributed by atoms with Crippen LogP contribution in [0, 0.1) is 5.82 Å². The summed E-state index contributed by atoms with van der Waals surface area (Å²) in [6.45, 7) is 0.604. The van der Waals surface area contributed by atoms with Gasteiger partial charge in [0, 0.05) is 17.0 Å². The molecule has 24 heavy (non-hydrogen) atoms. The lowest BCUT2D eigenvalue weighted by atomic mass is 10.2. The van der Waals surface area contributed by atoms with E-state index in [1.54, 1.807) is 47.7 Å². The molecule has 0 saturated heterocycles. The third-order valence-corrected chi connectivity index (χ3v) is 4.34. The molecular weight excluding hydrogens is 325 g/mol. The smallest absolute Gasteiger partial charge is 0.251 e. The summed E-state index contributed by atoms with van der Waals surface area (Å²) in [5, 5.41) is 4.92. The number of nitrogens with one attached hydrogen (secondary N) is 1. The van der Waals surface area contributed by atoms with Gasteiger partial charge in [-0.25, -0.2) is 4.39 Å². The Morgan fingerprint density at radius 1 is 1.00 bits per heavy atom. The molecule has 1 N–H and O–H groups in total. The van der Waals surface area contributed by atoms with Gasteiger partial charge in [-0.2, -0.15) is 0 Å². The molecule has 5 heteroatoms. The Morgan fingerprint density at radius 3 is 2.29 bits per heavy atom. The van der Waals surface area contributed by atoms with Gasteiger partial charge in [-0.3, -0.25) is 4.79 Å². The van der Waals surface area contributed by atoms with E-state index in [1.165, 1.54) is 17.0 Å². The molecule has 1 aromatic heterocycles. The van der Waals surface area contributed by atoms with E-state index in [-0.39, 0.29) is 11.7 Å². The van der Waals surface area contributed by atoms with Crippen LogP contribution in [0.2, 0.25) is 0 Å². The largest absolute Gasteiger partial charge is 0.457 e. The van der Waals surface area contributed by atoms with E-state index in [1.807, 2.05) is 11.4 Å². The number of thiophene rings is 1. The van der Waals surface area contributed by atoms with Gasteiger partial charge in [-0.15, -0.1) is 11.3 Å². The molecule has 0 spiro atoms. The van der Waals surface area contributed by atoms with Crippen LogP contribution in [0.1, 0.15) is 15.2 Å². The van der Waals surface area contributed by atoms with E-state index >= 15 is 0 Å². The lowest BCUT2D eigenvalue weighted by molar-refractivity contribution is 0.0954. The maximum absolute atomic E-state index is 12.9. The normalized spacial score (nSPS) is 10.4. The Balaban J connectivity index is 1.53. The molecule has 0 aliphatic carbocycles. The number of halogens is 1. The first-order valence-electron chi connectivity index (χ1n) is 7.55. The third kappa shape index (κ3) is 4.43. The van der Waals surface area contributed by atoms with Gasteiger partial charge >= 0.3 is 0 Å². The van der Waals surface area contributed by atoms with Crippen molar-refractivity contribution < 1.29 is 13.9 Å². The summed E-state index contributed by atoms with van der Waals surface area (Å²) in [7, 11) is 0. The van der Waals surface area contributed by atoms with Gasteiger partial charge < -0.3 is 10.1 Å². The van der Waals surface area contributed by atoms with Gasteiger partial charge in [0.15, 0.2) is 0 Å². The van der Waals surface area contributed by atoms with Gasteiger partial charge in [-0.1, -0.05) is 6.07 Å². The standard InChI is InChI=1S/C19H16FNO2S/c20-15-5-9-17(10-6-15)23-16-7-3-14(4-8-16)19(22)21-12-11-18-2-1-13-24-18/h1-10,13H,11-12H2,(H,21,22). The van der Waals surface area contributed by atoms with Crippen molar-refractivity contribution in [3.05, 3.63) is 82.3 Å². The Labute approximate surface area is 143 Å². The number of hydrogen-bond acceptors (Lipinski definition) is 3. The summed E-state index contributed by atoms with van der Waals surface area (Å²) in [6.07, 6.45) is 0.829. The van der Waals surface area contributed by atoms with Crippen LogP contribution >= 0.6 is 11.3 Å². The minimum Gasteiger partial charge on any atom is -0.457 e. The maximum atomic E-state index is 12.9. The van der Waals surface area contributed by atoms with Crippen molar-refractivity contribution in [2.75, 3.05) is 6.54 Å². The van der Waals surface area contributed by atoms with E-state index < -0.39 is 0 Å². The summed E-state index contributed by atoms with van der Waals surface area (Å²) in [4.78, 5) is 13.3. The molecule has 2 aromatic carbocycles. The van der Waals surface area contributed by atoms with Crippen LogP contribution in [0.4, 0.5) is 4.39 Å². The average Bonchev–Trinajstić information content (AvgIpc) is 3.11. The first kappa shape index (κ1) is 16.2. The Bertz CT molecular complexity index is 783. The Hall–Kier alpha value is -2.66. The zero-order valence-electron chi connectivity index (χ0n) is 12.9. The second-order valence-electron chi connectivity index (χ2n) is 5.17. The summed E-state index contributed by atoms with van der Waals surface area (Å²) < 4.78 is 18.5. The van der Waals surface area contributed by atoms with Gasteiger partial charge in [0.1, 0.15) is 17.3 Å². The van der Waals surface area contributed by atoms with Crippen molar-refractivity contribution >= 4 is 17.2 Å². The molecule has 1 heterocycles. The van der Waals surface area contributed by atoms with Crippen LogP contribution in [0.3, 0.4) is 0 Å². The molecule has 0 fully saturated rings. The zero-order valence-corrected chi connectivity index (χ0v) is 13.7. The number of amides is 1. The summed E-state index contributed by atoms with van der Waals surface area (Å²) in [5.74, 6) is 0.720. The summed E-state index contributed by atoms with van der Waals surface area (Å²) in [5.41, 5.74) is 0.577. The fraction of sp³-hybridized carbons (Fsp3) is 0.105. The number of benzene rings is 2. The predicted octanol–water partition coefficient (Wildman–Crippen LogP) is 4.65. The van der Waals surface area contributed by atoms with Crippen molar-refractivity contribution in [1.82, 2.24) is 5.32 Å². The van der Waals surface area contributed by atoms with E-state index in [0.717, 1.165) is 6.42 Å². The van der Waals surface area contributed by atoms with E-state index in [4.69, 9.17) is 4.74 Å². The van der Waals surface area contributed by atoms with Crippen LogP contribution in [-0.4, -0.2) is 12.5 Å². The molecule has 3 aromatic rings. The highest BCUT2D eigenvalue weighted by Crippen LogP contribution is 2.21. The SMILES string of the molecule is O=C(NCCc1cccs1)c1ccc(Oc2ccc(F)cc2)cc1.